The largest absolute Gasteiger partial charge is 0.510 e. The van der Waals surface area contributed by atoms with Crippen LogP contribution in [-0.2, 0) is 14.2 Å². The number of alkyl halides is 12. The molecule has 0 aliphatic heterocycles. The van der Waals surface area contributed by atoms with Crippen molar-refractivity contribution in [3.63, 3.8) is 0 Å². The van der Waals surface area contributed by atoms with E-state index >= 15 is 0 Å². The van der Waals surface area contributed by atoms with Gasteiger partial charge < -0.3 is 14.2 Å². The number of rotatable bonds is 5. The number of hydrogen-bond acceptors (Lipinski definition) is 4. The van der Waals surface area contributed by atoms with E-state index in [1.807, 2.05) is 0 Å². The van der Waals surface area contributed by atoms with Crippen LogP contribution in [0.2, 0.25) is 0 Å². The molecule has 0 aromatic heterocycles. The summed E-state index contributed by atoms with van der Waals surface area (Å²) >= 11 is 0. The van der Waals surface area contributed by atoms with Crippen molar-refractivity contribution >= 4 is 6.16 Å². The van der Waals surface area contributed by atoms with Crippen molar-refractivity contribution in [1.29, 1.82) is 0 Å². The second kappa shape index (κ2) is 9.45. The van der Waals surface area contributed by atoms with Gasteiger partial charge >= 0.3 is 36.5 Å². The van der Waals surface area contributed by atoms with E-state index in [4.69, 9.17) is 0 Å². The molecule has 1 fully saturated rings. The Kier molecular flexibility index (Phi) is 8.37. The number of hydrogen-bond donors (Lipinski definition) is 0. The standard InChI is InChI=1S/C19H22F12O4/c1-5-33-14(16(20,21)22,17(23,24)25)10-6-8-11(9-7-10)15(18(26,27)28,19(29,30)31)35-12(32)34-13(2,3)4/h5,10-11H,1,6-9H2,2-4H3. The van der Waals surface area contributed by atoms with E-state index < -0.39 is 85.2 Å². The summed E-state index contributed by atoms with van der Waals surface area (Å²) in [5.41, 5.74) is -11.7. The molecule has 0 aromatic rings. The second-order valence-corrected chi connectivity index (χ2v) is 8.86. The third-order valence-electron chi connectivity index (χ3n) is 5.46. The smallest absolute Gasteiger partial charge is 0.477 e. The lowest BCUT2D eigenvalue weighted by Crippen LogP contribution is -2.66. The molecule has 0 saturated heterocycles. The number of ether oxygens (including phenoxy) is 3. The first-order valence-electron chi connectivity index (χ1n) is 9.85. The van der Waals surface area contributed by atoms with Crippen molar-refractivity contribution in [3.8, 4) is 0 Å². The fourth-order valence-electron chi connectivity index (χ4n) is 4.12. The van der Waals surface area contributed by atoms with Crippen LogP contribution in [0.4, 0.5) is 57.5 Å². The average molecular weight is 542 g/mol. The molecular weight excluding hydrogens is 520 g/mol. The van der Waals surface area contributed by atoms with Crippen molar-refractivity contribution in [2.45, 2.75) is 88.0 Å². The van der Waals surface area contributed by atoms with E-state index in [-0.39, 0.29) is 6.26 Å². The Labute approximate surface area is 191 Å². The highest BCUT2D eigenvalue weighted by molar-refractivity contribution is 5.61. The minimum atomic E-state index is -6.34. The summed E-state index contributed by atoms with van der Waals surface area (Å²) < 4.78 is 176. The molecule has 0 bridgehead atoms. The normalized spacial score (nSPS) is 21.3. The molecule has 1 aliphatic rings. The lowest BCUT2D eigenvalue weighted by atomic mass is 9.67. The van der Waals surface area contributed by atoms with Crippen LogP contribution in [0.5, 0.6) is 0 Å². The van der Waals surface area contributed by atoms with Crippen molar-refractivity contribution in [1.82, 2.24) is 0 Å². The van der Waals surface area contributed by atoms with Gasteiger partial charge in [0.1, 0.15) is 5.60 Å². The Morgan fingerprint density at radius 1 is 0.657 bits per heavy atom. The molecule has 0 unspecified atom stereocenters. The predicted octanol–water partition coefficient (Wildman–Crippen LogP) is 7.63. The molecule has 4 nitrogen and oxygen atoms in total. The maximum Gasteiger partial charge on any atom is 0.510 e. The highest BCUT2D eigenvalue weighted by Crippen LogP contribution is 2.59. The monoisotopic (exact) mass is 542 g/mol. The summed E-state index contributed by atoms with van der Waals surface area (Å²) in [6, 6.07) is 0. The van der Waals surface area contributed by atoms with E-state index in [1.54, 1.807) is 0 Å². The van der Waals surface area contributed by atoms with Crippen molar-refractivity contribution in [2.24, 2.45) is 11.8 Å². The molecule has 0 atom stereocenters. The van der Waals surface area contributed by atoms with Crippen molar-refractivity contribution in [3.05, 3.63) is 12.8 Å². The van der Waals surface area contributed by atoms with E-state index in [0.29, 0.717) is 0 Å². The SMILES string of the molecule is C=COC(C1CCC(C(OC(=O)OC(C)(C)C)(C(F)(F)F)C(F)(F)F)CC1)(C(F)(F)F)C(F)(F)F. The van der Waals surface area contributed by atoms with Crippen LogP contribution in [0.1, 0.15) is 46.5 Å². The molecule has 0 aromatic carbocycles. The molecule has 35 heavy (non-hydrogen) atoms. The summed E-state index contributed by atoms with van der Waals surface area (Å²) in [5, 5.41) is 0. The third kappa shape index (κ3) is 5.87. The van der Waals surface area contributed by atoms with Gasteiger partial charge in [0.2, 0.25) is 0 Å². The highest BCUT2D eigenvalue weighted by atomic mass is 19.4. The highest BCUT2D eigenvalue weighted by Gasteiger charge is 2.80. The van der Waals surface area contributed by atoms with E-state index in [1.165, 1.54) is 0 Å². The average Bonchev–Trinajstić information content (AvgIpc) is 2.58. The van der Waals surface area contributed by atoms with Crippen molar-refractivity contribution in [2.75, 3.05) is 0 Å². The number of carbonyl (C=O) groups excluding carboxylic acids is 1. The maximum atomic E-state index is 13.8. The zero-order valence-electron chi connectivity index (χ0n) is 18.4. The summed E-state index contributed by atoms with van der Waals surface area (Å²) in [7, 11) is 0. The first-order valence-corrected chi connectivity index (χ1v) is 9.85. The lowest BCUT2D eigenvalue weighted by Gasteiger charge is -2.48. The molecule has 0 N–H and O–H groups in total. The number of carbonyl (C=O) groups is 1. The molecule has 0 spiro atoms. The summed E-state index contributed by atoms with van der Waals surface area (Å²) in [6.07, 6.45) is -33.3. The van der Waals surface area contributed by atoms with Crippen LogP contribution in [0.25, 0.3) is 0 Å². The van der Waals surface area contributed by atoms with Gasteiger partial charge in [-0.3, -0.25) is 0 Å². The molecule has 206 valence electrons. The zero-order chi connectivity index (χ0) is 27.9. The van der Waals surface area contributed by atoms with Gasteiger partial charge in [0.25, 0.3) is 5.60 Å². The lowest BCUT2D eigenvalue weighted by molar-refractivity contribution is -0.399. The van der Waals surface area contributed by atoms with E-state index in [2.05, 4.69) is 20.8 Å². The van der Waals surface area contributed by atoms with Gasteiger partial charge in [-0.1, -0.05) is 6.58 Å². The molecule has 16 heteroatoms. The quantitative estimate of drug-likeness (QED) is 0.204. The Balaban J connectivity index is 3.49. The summed E-state index contributed by atoms with van der Waals surface area (Å²) in [4.78, 5) is 11.8. The van der Waals surface area contributed by atoms with Crippen LogP contribution >= 0.6 is 0 Å². The van der Waals surface area contributed by atoms with Gasteiger partial charge in [0, 0.05) is 11.8 Å². The van der Waals surface area contributed by atoms with Crippen LogP contribution in [0.15, 0.2) is 12.8 Å². The molecule has 1 rings (SSSR count). The van der Waals surface area contributed by atoms with Crippen LogP contribution in [0.3, 0.4) is 0 Å². The summed E-state index contributed by atoms with van der Waals surface area (Å²) in [5.74, 6) is -5.38. The van der Waals surface area contributed by atoms with E-state index in [0.717, 1.165) is 20.8 Å². The second-order valence-electron chi connectivity index (χ2n) is 8.86. The van der Waals surface area contributed by atoms with Gasteiger partial charge in [-0.05, 0) is 46.5 Å². The molecule has 0 radical (unpaired) electrons. The van der Waals surface area contributed by atoms with Crippen LogP contribution in [-0.4, -0.2) is 47.7 Å². The van der Waals surface area contributed by atoms with Gasteiger partial charge in [0.05, 0.1) is 6.26 Å². The Hall–Kier alpha value is -2.03. The fraction of sp³-hybridized carbons (Fsp3) is 0.842. The van der Waals surface area contributed by atoms with Crippen molar-refractivity contribution < 1.29 is 71.7 Å². The van der Waals surface area contributed by atoms with Gasteiger partial charge in [-0.2, -0.15) is 52.7 Å². The van der Waals surface area contributed by atoms with Gasteiger partial charge in [0.15, 0.2) is 0 Å². The molecule has 0 heterocycles. The first-order chi connectivity index (χ1) is 15.4. The zero-order valence-corrected chi connectivity index (χ0v) is 18.4. The topological polar surface area (TPSA) is 44.8 Å². The predicted molar refractivity (Wildman–Crippen MR) is 93.7 cm³/mol. The first kappa shape index (κ1) is 31.0. The molecule has 0 amide bonds. The van der Waals surface area contributed by atoms with Crippen LogP contribution in [0, 0.1) is 11.8 Å². The Morgan fingerprint density at radius 3 is 1.23 bits per heavy atom. The minimum Gasteiger partial charge on any atom is -0.477 e. The molecule has 1 aliphatic carbocycles. The Bertz CT molecular complexity index is 722. The van der Waals surface area contributed by atoms with Gasteiger partial charge in [-0.15, -0.1) is 0 Å². The molecule has 1 saturated carbocycles. The van der Waals surface area contributed by atoms with Crippen LogP contribution < -0.4 is 0 Å². The third-order valence-corrected chi connectivity index (χ3v) is 5.46. The van der Waals surface area contributed by atoms with Gasteiger partial charge in [-0.25, -0.2) is 4.79 Å². The fourth-order valence-corrected chi connectivity index (χ4v) is 4.12. The Morgan fingerprint density at radius 2 is 0.971 bits per heavy atom. The maximum absolute atomic E-state index is 13.8. The summed E-state index contributed by atoms with van der Waals surface area (Å²) in [6.45, 7) is 5.98. The minimum absolute atomic E-state index is 0.158. The van der Waals surface area contributed by atoms with E-state index in [9.17, 15) is 57.5 Å². The number of halogens is 12. The molecular formula is C19H22F12O4.